The van der Waals surface area contributed by atoms with Crippen LogP contribution in [-0.2, 0) is 9.53 Å². The van der Waals surface area contributed by atoms with Crippen LogP contribution in [0.5, 0.6) is 0 Å². The van der Waals surface area contributed by atoms with E-state index in [4.69, 9.17) is 4.74 Å². The van der Waals surface area contributed by atoms with Gasteiger partial charge in [0.2, 0.25) is 0 Å². The lowest BCUT2D eigenvalue weighted by Gasteiger charge is -2.02. The maximum absolute atomic E-state index is 11.2. The van der Waals surface area contributed by atoms with Crippen molar-refractivity contribution in [2.45, 2.75) is 104 Å². The molecular weight excluding hydrogens is 296 g/mol. The molecule has 0 rings (SSSR count). The molecule has 0 saturated heterocycles. The van der Waals surface area contributed by atoms with Gasteiger partial charge in [0.1, 0.15) is 0 Å². The SMILES string of the molecule is CCCCCC=CC/C=C\CCCCCCCCCC(=O)OCC. The lowest BCUT2D eigenvalue weighted by Crippen LogP contribution is -2.03. The molecule has 0 unspecified atom stereocenters. The first-order valence-corrected chi connectivity index (χ1v) is 10.3. The Labute approximate surface area is 150 Å². The first kappa shape index (κ1) is 22.9. The van der Waals surface area contributed by atoms with Crippen LogP contribution in [0, 0.1) is 0 Å². The van der Waals surface area contributed by atoms with Gasteiger partial charge in [0.05, 0.1) is 6.61 Å². The van der Waals surface area contributed by atoms with Gasteiger partial charge in [0.15, 0.2) is 0 Å². The number of carbonyl (C=O) groups is 1. The molecular formula is C22H40O2. The Morgan fingerprint density at radius 1 is 0.708 bits per heavy atom. The van der Waals surface area contributed by atoms with Crippen molar-refractivity contribution in [1.29, 1.82) is 0 Å². The van der Waals surface area contributed by atoms with Gasteiger partial charge in [0.25, 0.3) is 0 Å². The van der Waals surface area contributed by atoms with E-state index < -0.39 is 0 Å². The van der Waals surface area contributed by atoms with Crippen LogP contribution in [0.2, 0.25) is 0 Å². The molecule has 0 spiro atoms. The molecule has 0 saturated carbocycles. The van der Waals surface area contributed by atoms with E-state index in [1.54, 1.807) is 0 Å². The second-order valence-corrected chi connectivity index (χ2v) is 6.49. The Kier molecular flexibility index (Phi) is 19.1. The first-order chi connectivity index (χ1) is 11.8. The second-order valence-electron chi connectivity index (χ2n) is 6.49. The molecule has 24 heavy (non-hydrogen) atoms. The van der Waals surface area contributed by atoms with E-state index in [1.165, 1.54) is 64.2 Å². The normalized spacial score (nSPS) is 11.6. The fourth-order valence-electron chi connectivity index (χ4n) is 2.67. The number of unbranched alkanes of at least 4 members (excludes halogenated alkanes) is 10. The minimum Gasteiger partial charge on any atom is -0.466 e. The molecule has 0 radical (unpaired) electrons. The molecule has 0 N–H and O–H groups in total. The van der Waals surface area contributed by atoms with E-state index in [1.807, 2.05) is 6.92 Å². The van der Waals surface area contributed by atoms with Crippen molar-refractivity contribution in [3.05, 3.63) is 24.3 Å². The molecule has 0 bridgehead atoms. The predicted octanol–water partition coefficient (Wildman–Crippen LogP) is 7.14. The number of ether oxygens (including phenoxy) is 1. The van der Waals surface area contributed by atoms with E-state index in [-0.39, 0.29) is 5.97 Å². The topological polar surface area (TPSA) is 26.3 Å². The molecule has 2 nitrogen and oxygen atoms in total. The predicted molar refractivity (Wildman–Crippen MR) is 105 cm³/mol. The van der Waals surface area contributed by atoms with Crippen molar-refractivity contribution in [2.24, 2.45) is 0 Å². The number of allylic oxidation sites excluding steroid dienone is 4. The zero-order valence-electron chi connectivity index (χ0n) is 16.2. The van der Waals surface area contributed by atoms with Crippen LogP contribution in [0.1, 0.15) is 104 Å². The first-order valence-electron chi connectivity index (χ1n) is 10.3. The average molecular weight is 337 g/mol. The molecule has 0 fully saturated rings. The van der Waals surface area contributed by atoms with Crippen LogP contribution in [0.3, 0.4) is 0 Å². The zero-order chi connectivity index (χ0) is 17.7. The van der Waals surface area contributed by atoms with Crippen molar-refractivity contribution >= 4 is 5.97 Å². The number of esters is 1. The fraction of sp³-hybridized carbons (Fsp3) is 0.773. The Bertz CT molecular complexity index is 318. The summed E-state index contributed by atoms with van der Waals surface area (Å²) in [4.78, 5) is 11.2. The molecule has 0 atom stereocenters. The number of carbonyl (C=O) groups excluding carboxylic acids is 1. The minimum atomic E-state index is -0.0416. The van der Waals surface area contributed by atoms with Gasteiger partial charge in [-0.1, -0.05) is 76.2 Å². The summed E-state index contributed by atoms with van der Waals surface area (Å²) in [5, 5.41) is 0. The quantitative estimate of drug-likeness (QED) is 0.160. The summed E-state index contributed by atoms with van der Waals surface area (Å²) < 4.78 is 4.92. The lowest BCUT2D eigenvalue weighted by molar-refractivity contribution is -0.143. The second kappa shape index (κ2) is 20.0. The van der Waals surface area contributed by atoms with Crippen LogP contribution in [0.15, 0.2) is 24.3 Å². The largest absolute Gasteiger partial charge is 0.466 e. The van der Waals surface area contributed by atoms with Gasteiger partial charge in [-0.25, -0.2) is 0 Å². The van der Waals surface area contributed by atoms with Crippen LogP contribution in [0.4, 0.5) is 0 Å². The molecule has 140 valence electrons. The van der Waals surface area contributed by atoms with Gasteiger partial charge in [-0.15, -0.1) is 0 Å². The molecule has 0 aromatic rings. The molecule has 2 heteroatoms. The van der Waals surface area contributed by atoms with Crippen LogP contribution in [0.25, 0.3) is 0 Å². The van der Waals surface area contributed by atoms with Crippen molar-refractivity contribution in [3.63, 3.8) is 0 Å². The summed E-state index contributed by atoms with van der Waals surface area (Å²) in [6.07, 6.45) is 26.0. The smallest absolute Gasteiger partial charge is 0.305 e. The van der Waals surface area contributed by atoms with E-state index in [0.717, 1.165) is 19.3 Å². The molecule has 0 heterocycles. The number of hydrogen-bond donors (Lipinski definition) is 0. The van der Waals surface area contributed by atoms with Crippen molar-refractivity contribution in [2.75, 3.05) is 6.61 Å². The fourth-order valence-corrected chi connectivity index (χ4v) is 2.67. The molecule has 0 aliphatic carbocycles. The summed E-state index contributed by atoms with van der Waals surface area (Å²) >= 11 is 0. The van der Waals surface area contributed by atoms with Crippen LogP contribution >= 0.6 is 0 Å². The summed E-state index contributed by atoms with van der Waals surface area (Å²) in [7, 11) is 0. The van der Waals surface area contributed by atoms with E-state index >= 15 is 0 Å². The van der Waals surface area contributed by atoms with Crippen molar-refractivity contribution < 1.29 is 9.53 Å². The summed E-state index contributed by atoms with van der Waals surface area (Å²) in [6.45, 7) is 4.61. The third-order valence-electron chi connectivity index (χ3n) is 4.14. The summed E-state index contributed by atoms with van der Waals surface area (Å²) in [6, 6.07) is 0. The molecule has 0 aliphatic heterocycles. The maximum Gasteiger partial charge on any atom is 0.305 e. The molecule has 0 aliphatic rings. The lowest BCUT2D eigenvalue weighted by atomic mass is 10.1. The monoisotopic (exact) mass is 336 g/mol. The summed E-state index contributed by atoms with van der Waals surface area (Å²) in [5.41, 5.74) is 0. The highest BCUT2D eigenvalue weighted by atomic mass is 16.5. The van der Waals surface area contributed by atoms with Crippen LogP contribution < -0.4 is 0 Å². The van der Waals surface area contributed by atoms with Crippen LogP contribution in [-0.4, -0.2) is 12.6 Å². The van der Waals surface area contributed by atoms with E-state index in [9.17, 15) is 4.79 Å². The van der Waals surface area contributed by atoms with Gasteiger partial charge in [0, 0.05) is 6.42 Å². The minimum absolute atomic E-state index is 0.0416. The Morgan fingerprint density at radius 3 is 1.83 bits per heavy atom. The standard InChI is InChI=1S/C22H40O2/c1-3-5-6-7-8-9-10-11-12-13-14-15-16-17-18-19-20-21-22(23)24-4-2/h8-9,11-12H,3-7,10,13-21H2,1-2H3/b9-8?,12-11-. The Morgan fingerprint density at radius 2 is 1.25 bits per heavy atom. The summed E-state index contributed by atoms with van der Waals surface area (Å²) in [5.74, 6) is -0.0416. The molecule has 0 amide bonds. The van der Waals surface area contributed by atoms with Gasteiger partial charge >= 0.3 is 5.97 Å². The third kappa shape index (κ3) is 19.0. The van der Waals surface area contributed by atoms with E-state index in [2.05, 4.69) is 31.2 Å². The Balaban J connectivity index is 3.19. The number of hydrogen-bond acceptors (Lipinski definition) is 2. The van der Waals surface area contributed by atoms with E-state index in [0.29, 0.717) is 13.0 Å². The van der Waals surface area contributed by atoms with Gasteiger partial charge in [-0.05, 0) is 45.4 Å². The maximum atomic E-state index is 11.2. The zero-order valence-corrected chi connectivity index (χ0v) is 16.2. The van der Waals surface area contributed by atoms with Crippen molar-refractivity contribution in [1.82, 2.24) is 0 Å². The van der Waals surface area contributed by atoms with Gasteiger partial charge < -0.3 is 4.74 Å². The molecule has 0 aromatic carbocycles. The average Bonchev–Trinajstić information content (AvgIpc) is 2.58. The number of rotatable bonds is 17. The van der Waals surface area contributed by atoms with Gasteiger partial charge in [-0.3, -0.25) is 4.79 Å². The highest BCUT2D eigenvalue weighted by molar-refractivity contribution is 5.69. The van der Waals surface area contributed by atoms with Gasteiger partial charge in [-0.2, -0.15) is 0 Å². The Hall–Kier alpha value is -1.05. The third-order valence-corrected chi connectivity index (χ3v) is 4.14. The van der Waals surface area contributed by atoms with Crippen molar-refractivity contribution in [3.8, 4) is 0 Å². The molecule has 0 aromatic heterocycles. The highest BCUT2D eigenvalue weighted by Crippen LogP contribution is 2.10. The highest BCUT2D eigenvalue weighted by Gasteiger charge is 2.00.